The van der Waals surface area contributed by atoms with Crippen LogP contribution >= 0.6 is 0 Å². The minimum absolute atomic E-state index is 0.319. The molecule has 2 atom stereocenters. The summed E-state index contributed by atoms with van der Waals surface area (Å²) in [6.07, 6.45) is 5.75. The van der Waals surface area contributed by atoms with Gasteiger partial charge in [-0.1, -0.05) is 0 Å². The van der Waals surface area contributed by atoms with Gasteiger partial charge in [0, 0.05) is 31.9 Å². The van der Waals surface area contributed by atoms with Crippen molar-refractivity contribution in [2.24, 2.45) is 12.8 Å². The SMILES string of the molecule is CC1CC(N)CCN1c1nccc2c1ncn2C. The van der Waals surface area contributed by atoms with Crippen molar-refractivity contribution < 1.29 is 0 Å². The van der Waals surface area contributed by atoms with Crippen molar-refractivity contribution >= 4 is 16.9 Å². The van der Waals surface area contributed by atoms with Gasteiger partial charge >= 0.3 is 0 Å². The van der Waals surface area contributed by atoms with E-state index in [1.165, 1.54) is 0 Å². The Balaban J connectivity index is 2.04. The fraction of sp³-hybridized carbons (Fsp3) is 0.538. The Morgan fingerprint density at radius 3 is 3.00 bits per heavy atom. The van der Waals surface area contributed by atoms with Crippen molar-refractivity contribution in [2.45, 2.75) is 31.8 Å². The van der Waals surface area contributed by atoms with Gasteiger partial charge in [0.15, 0.2) is 5.82 Å². The predicted octanol–water partition coefficient (Wildman–Crippen LogP) is 1.28. The Bertz CT molecular complexity index is 562. The molecule has 0 amide bonds. The van der Waals surface area contributed by atoms with E-state index in [1.807, 2.05) is 30.2 Å². The van der Waals surface area contributed by atoms with Crippen LogP contribution in [-0.2, 0) is 7.05 Å². The number of aryl methyl sites for hydroxylation is 1. The summed E-state index contributed by atoms with van der Waals surface area (Å²) in [5, 5.41) is 0. The van der Waals surface area contributed by atoms with Gasteiger partial charge in [0.2, 0.25) is 0 Å². The van der Waals surface area contributed by atoms with E-state index in [0.29, 0.717) is 12.1 Å². The molecule has 5 heteroatoms. The number of rotatable bonds is 1. The summed E-state index contributed by atoms with van der Waals surface area (Å²) in [5.74, 6) is 0.993. The minimum atomic E-state index is 0.319. The average molecular weight is 245 g/mol. The molecule has 0 aromatic carbocycles. The molecular weight excluding hydrogens is 226 g/mol. The second-order valence-electron chi connectivity index (χ2n) is 5.18. The molecule has 0 aliphatic carbocycles. The predicted molar refractivity (Wildman–Crippen MR) is 72.5 cm³/mol. The first-order chi connectivity index (χ1) is 8.66. The van der Waals surface area contributed by atoms with E-state index in [0.717, 1.165) is 36.2 Å². The van der Waals surface area contributed by atoms with Crippen LogP contribution in [0.1, 0.15) is 19.8 Å². The lowest BCUT2D eigenvalue weighted by Gasteiger charge is -2.37. The molecule has 96 valence electrons. The molecule has 0 radical (unpaired) electrons. The van der Waals surface area contributed by atoms with E-state index in [9.17, 15) is 0 Å². The first-order valence-electron chi connectivity index (χ1n) is 6.45. The van der Waals surface area contributed by atoms with Gasteiger partial charge in [-0.3, -0.25) is 0 Å². The van der Waals surface area contributed by atoms with Crippen molar-refractivity contribution in [3.63, 3.8) is 0 Å². The number of anilines is 1. The highest BCUT2D eigenvalue weighted by atomic mass is 15.2. The zero-order chi connectivity index (χ0) is 12.7. The van der Waals surface area contributed by atoms with E-state index in [4.69, 9.17) is 5.73 Å². The second-order valence-corrected chi connectivity index (χ2v) is 5.18. The molecule has 2 aromatic heterocycles. The Labute approximate surface area is 107 Å². The maximum absolute atomic E-state index is 6.02. The third-order valence-corrected chi connectivity index (χ3v) is 3.81. The van der Waals surface area contributed by atoms with E-state index in [-0.39, 0.29) is 0 Å². The number of nitrogens with zero attached hydrogens (tertiary/aromatic N) is 4. The number of nitrogens with two attached hydrogens (primary N) is 1. The minimum Gasteiger partial charge on any atom is -0.352 e. The van der Waals surface area contributed by atoms with Gasteiger partial charge < -0.3 is 15.2 Å². The molecule has 1 aliphatic rings. The van der Waals surface area contributed by atoms with Crippen molar-refractivity contribution in [2.75, 3.05) is 11.4 Å². The quantitative estimate of drug-likeness (QED) is 0.822. The van der Waals surface area contributed by atoms with Gasteiger partial charge in [0.05, 0.1) is 11.8 Å². The number of piperidine rings is 1. The molecule has 5 nitrogen and oxygen atoms in total. The Hall–Kier alpha value is -1.62. The van der Waals surface area contributed by atoms with E-state index in [2.05, 4.69) is 21.8 Å². The highest BCUT2D eigenvalue weighted by Crippen LogP contribution is 2.28. The summed E-state index contributed by atoms with van der Waals surface area (Å²) in [6.45, 7) is 3.17. The molecule has 2 N–H and O–H groups in total. The highest BCUT2D eigenvalue weighted by molar-refractivity contribution is 5.86. The first-order valence-corrected chi connectivity index (χ1v) is 6.45. The van der Waals surface area contributed by atoms with Crippen LogP contribution in [0.5, 0.6) is 0 Å². The number of fused-ring (bicyclic) bond motifs is 1. The summed E-state index contributed by atoms with van der Waals surface area (Å²) < 4.78 is 2.03. The third kappa shape index (κ3) is 1.75. The summed E-state index contributed by atoms with van der Waals surface area (Å²) in [5.41, 5.74) is 8.13. The van der Waals surface area contributed by atoms with Gasteiger partial charge in [0.25, 0.3) is 0 Å². The van der Waals surface area contributed by atoms with E-state index in [1.54, 1.807) is 0 Å². The van der Waals surface area contributed by atoms with Crippen molar-refractivity contribution in [1.29, 1.82) is 0 Å². The zero-order valence-electron chi connectivity index (χ0n) is 10.9. The second kappa shape index (κ2) is 4.24. The van der Waals surface area contributed by atoms with Gasteiger partial charge in [-0.15, -0.1) is 0 Å². The monoisotopic (exact) mass is 245 g/mol. The molecule has 0 bridgehead atoms. The number of pyridine rings is 1. The number of hydrogen-bond donors (Lipinski definition) is 1. The number of hydrogen-bond acceptors (Lipinski definition) is 4. The van der Waals surface area contributed by atoms with Gasteiger partial charge in [-0.05, 0) is 25.8 Å². The van der Waals surface area contributed by atoms with Crippen LogP contribution in [0.2, 0.25) is 0 Å². The number of imidazole rings is 1. The molecule has 18 heavy (non-hydrogen) atoms. The third-order valence-electron chi connectivity index (χ3n) is 3.81. The fourth-order valence-corrected chi connectivity index (χ4v) is 2.78. The lowest BCUT2D eigenvalue weighted by Crippen LogP contribution is -2.46. The Kier molecular flexibility index (Phi) is 2.70. The van der Waals surface area contributed by atoms with Crippen molar-refractivity contribution in [3.8, 4) is 0 Å². The lowest BCUT2D eigenvalue weighted by molar-refractivity contribution is 0.428. The largest absolute Gasteiger partial charge is 0.352 e. The van der Waals surface area contributed by atoms with Crippen LogP contribution < -0.4 is 10.6 Å². The zero-order valence-corrected chi connectivity index (χ0v) is 10.9. The number of aromatic nitrogens is 3. The molecule has 3 heterocycles. The van der Waals surface area contributed by atoms with Gasteiger partial charge in [-0.2, -0.15) is 0 Å². The van der Waals surface area contributed by atoms with Gasteiger partial charge in [0.1, 0.15) is 5.52 Å². The normalized spacial score (nSPS) is 24.7. The molecule has 2 aromatic rings. The van der Waals surface area contributed by atoms with E-state index < -0.39 is 0 Å². The fourth-order valence-electron chi connectivity index (χ4n) is 2.78. The van der Waals surface area contributed by atoms with Gasteiger partial charge in [-0.25, -0.2) is 9.97 Å². The van der Waals surface area contributed by atoms with Crippen molar-refractivity contribution in [3.05, 3.63) is 18.6 Å². The van der Waals surface area contributed by atoms with Crippen LogP contribution in [0.25, 0.3) is 11.0 Å². The van der Waals surface area contributed by atoms with E-state index >= 15 is 0 Å². The molecule has 1 saturated heterocycles. The lowest BCUT2D eigenvalue weighted by atomic mass is 9.99. The summed E-state index contributed by atoms with van der Waals surface area (Å²) >= 11 is 0. The van der Waals surface area contributed by atoms with Crippen LogP contribution in [0.4, 0.5) is 5.82 Å². The maximum Gasteiger partial charge on any atom is 0.156 e. The van der Waals surface area contributed by atoms with Crippen LogP contribution in [0.3, 0.4) is 0 Å². The average Bonchev–Trinajstić information content (AvgIpc) is 2.72. The highest BCUT2D eigenvalue weighted by Gasteiger charge is 2.26. The summed E-state index contributed by atoms with van der Waals surface area (Å²) in [7, 11) is 2.01. The molecule has 0 spiro atoms. The Morgan fingerprint density at radius 2 is 2.22 bits per heavy atom. The molecule has 0 saturated carbocycles. The molecule has 1 fully saturated rings. The van der Waals surface area contributed by atoms with Crippen LogP contribution in [-0.4, -0.2) is 33.2 Å². The standard InChI is InChI=1S/C13H19N5/c1-9-7-10(14)4-6-18(9)13-12-11(3-5-15-13)17(2)8-16-12/h3,5,8-10H,4,6-7,14H2,1-2H3. The summed E-state index contributed by atoms with van der Waals surface area (Å²) in [4.78, 5) is 11.3. The van der Waals surface area contributed by atoms with Crippen molar-refractivity contribution in [1.82, 2.24) is 14.5 Å². The topological polar surface area (TPSA) is 60.0 Å². The summed E-state index contributed by atoms with van der Waals surface area (Å²) in [6, 6.07) is 2.75. The van der Waals surface area contributed by atoms with Crippen LogP contribution in [0, 0.1) is 0 Å². The van der Waals surface area contributed by atoms with Crippen LogP contribution in [0.15, 0.2) is 18.6 Å². The Morgan fingerprint density at radius 1 is 1.39 bits per heavy atom. The molecule has 1 aliphatic heterocycles. The molecular formula is C13H19N5. The molecule has 3 rings (SSSR count). The smallest absolute Gasteiger partial charge is 0.156 e. The maximum atomic E-state index is 6.02. The molecule has 2 unspecified atom stereocenters. The first kappa shape index (κ1) is 11.5.